The van der Waals surface area contributed by atoms with Crippen LogP contribution in [0.1, 0.15) is 12.0 Å². The summed E-state index contributed by atoms with van der Waals surface area (Å²) in [5, 5.41) is 11.2. The fraction of sp³-hybridized carbons (Fsp3) is 0.333. The van der Waals surface area contributed by atoms with E-state index in [0.717, 1.165) is 11.4 Å². The summed E-state index contributed by atoms with van der Waals surface area (Å²) in [6.07, 6.45) is -2.81. The van der Waals surface area contributed by atoms with Crippen LogP contribution in [0.25, 0.3) is 0 Å². The highest BCUT2D eigenvalue weighted by Crippen LogP contribution is 2.32. The van der Waals surface area contributed by atoms with Crippen molar-refractivity contribution in [3.05, 3.63) is 33.9 Å². The van der Waals surface area contributed by atoms with Crippen molar-refractivity contribution in [2.45, 2.75) is 6.43 Å². The minimum Gasteiger partial charge on any atom is -0.258 e. The highest BCUT2D eigenvalue weighted by Gasteiger charge is 2.22. The first-order valence-corrected chi connectivity index (χ1v) is 6.41. The van der Waals surface area contributed by atoms with Crippen molar-refractivity contribution >= 4 is 18.9 Å². The van der Waals surface area contributed by atoms with E-state index in [0.29, 0.717) is 0 Å². The lowest BCUT2D eigenvalue weighted by Gasteiger charge is -2.08. The molecule has 0 bridgehead atoms. The van der Waals surface area contributed by atoms with Crippen molar-refractivity contribution < 1.29 is 13.7 Å². The van der Waals surface area contributed by atoms with Gasteiger partial charge in [0.2, 0.25) is 0 Å². The zero-order chi connectivity index (χ0) is 11.6. The van der Waals surface area contributed by atoms with Crippen molar-refractivity contribution in [3.8, 4) is 0 Å². The summed E-state index contributed by atoms with van der Waals surface area (Å²) in [6.45, 7) is 3.82. The second-order valence-corrected chi connectivity index (χ2v) is 5.50. The number of nitro benzene ring substituents is 1. The van der Waals surface area contributed by atoms with E-state index in [1.165, 1.54) is 12.1 Å². The number of nitrogens with zero attached hydrogens (tertiary/aromatic N) is 1. The molecule has 0 fully saturated rings. The summed E-state index contributed by atoms with van der Waals surface area (Å²) in [6, 6.07) is 3.92. The maximum absolute atomic E-state index is 12.5. The SMILES string of the molecule is CP(C)c1ccc([N+](=O)[O-])c(C(F)F)c1. The fourth-order valence-corrected chi connectivity index (χ4v) is 1.93. The summed E-state index contributed by atoms with van der Waals surface area (Å²) in [7, 11) is -0.524. The van der Waals surface area contributed by atoms with Crippen molar-refractivity contribution in [2.75, 3.05) is 13.3 Å². The fourth-order valence-electron chi connectivity index (χ4n) is 1.16. The molecule has 0 unspecified atom stereocenters. The molecule has 0 aliphatic rings. The van der Waals surface area contributed by atoms with Gasteiger partial charge in [0.05, 0.1) is 10.5 Å². The van der Waals surface area contributed by atoms with Gasteiger partial charge < -0.3 is 0 Å². The van der Waals surface area contributed by atoms with Crippen LogP contribution in [0.3, 0.4) is 0 Å². The highest BCUT2D eigenvalue weighted by atomic mass is 31.1. The van der Waals surface area contributed by atoms with E-state index in [4.69, 9.17) is 0 Å². The van der Waals surface area contributed by atoms with Gasteiger partial charge in [-0.15, -0.1) is 0 Å². The average Bonchev–Trinajstić information content (AvgIpc) is 2.16. The van der Waals surface area contributed by atoms with E-state index in [1.807, 2.05) is 13.3 Å². The highest BCUT2D eigenvalue weighted by molar-refractivity contribution is 7.64. The predicted molar refractivity (Wildman–Crippen MR) is 56.5 cm³/mol. The zero-order valence-corrected chi connectivity index (χ0v) is 9.17. The number of nitro groups is 1. The molecule has 3 nitrogen and oxygen atoms in total. The standard InChI is InChI=1S/C9H10F2NO2P/c1-15(2)6-3-4-8(12(13)14)7(5-6)9(10)11/h3-5,9H,1-2H3. The Kier molecular flexibility index (Phi) is 3.69. The van der Waals surface area contributed by atoms with Gasteiger partial charge in [-0.3, -0.25) is 10.1 Å². The Hall–Kier alpha value is -1.09. The van der Waals surface area contributed by atoms with Gasteiger partial charge in [0.15, 0.2) is 0 Å². The van der Waals surface area contributed by atoms with E-state index < -0.39 is 30.5 Å². The van der Waals surface area contributed by atoms with E-state index in [9.17, 15) is 18.9 Å². The molecule has 0 saturated heterocycles. The number of hydrogen-bond acceptors (Lipinski definition) is 2. The first kappa shape index (κ1) is 12.0. The molecule has 0 aliphatic carbocycles. The normalized spacial score (nSPS) is 11.1. The second kappa shape index (κ2) is 4.62. The van der Waals surface area contributed by atoms with Gasteiger partial charge in [-0.2, -0.15) is 0 Å². The van der Waals surface area contributed by atoms with Crippen LogP contribution in [0.5, 0.6) is 0 Å². The van der Waals surface area contributed by atoms with Crippen LogP contribution in [0.15, 0.2) is 18.2 Å². The molecule has 0 aliphatic heterocycles. The number of halogens is 2. The van der Waals surface area contributed by atoms with Crippen LogP contribution < -0.4 is 5.30 Å². The van der Waals surface area contributed by atoms with Crippen LogP contribution in [-0.4, -0.2) is 18.3 Å². The Morgan fingerprint density at radius 1 is 1.40 bits per heavy atom. The molecule has 82 valence electrons. The third-order valence-corrected chi connectivity index (χ3v) is 3.27. The molecule has 0 aromatic heterocycles. The molecule has 0 radical (unpaired) electrons. The molecular weight excluding hydrogens is 223 g/mol. The lowest BCUT2D eigenvalue weighted by Crippen LogP contribution is -2.04. The van der Waals surface area contributed by atoms with E-state index >= 15 is 0 Å². The Bertz CT molecular complexity index is 382. The third kappa shape index (κ3) is 2.69. The second-order valence-electron chi connectivity index (χ2n) is 3.20. The lowest BCUT2D eigenvalue weighted by atomic mass is 10.2. The van der Waals surface area contributed by atoms with Crippen LogP contribution >= 0.6 is 7.92 Å². The van der Waals surface area contributed by atoms with Gasteiger partial charge in [0.1, 0.15) is 0 Å². The van der Waals surface area contributed by atoms with Gasteiger partial charge in [0, 0.05) is 6.07 Å². The summed E-state index contributed by atoms with van der Waals surface area (Å²) in [4.78, 5) is 9.71. The topological polar surface area (TPSA) is 43.1 Å². The number of rotatable bonds is 3. The van der Waals surface area contributed by atoms with Crippen LogP contribution in [0.2, 0.25) is 0 Å². The number of hydrogen-bond donors (Lipinski definition) is 0. The van der Waals surface area contributed by atoms with Crippen molar-refractivity contribution in [3.63, 3.8) is 0 Å². The lowest BCUT2D eigenvalue weighted by molar-refractivity contribution is -0.386. The minimum atomic E-state index is -2.81. The average molecular weight is 233 g/mol. The summed E-state index contributed by atoms with van der Waals surface area (Å²) >= 11 is 0. The van der Waals surface area contributed by atoms with Gasteiger partial charge in [-0.25, -0.2) is 8.78 Å². The van der Waals surface area contributed by atoms with Crippen molar-refractivity contribution in [1.82, 2.24) is 0 Å². The smallest absolute Gasteiger partial charge is 0.258 e. The summed E-state index contributed by atoms with van der Waals surface area (Å²) in [5.41, 5.74) is -1.00. The Balaban J connectivity index is 3.27. The first-order valence-electron chi connectivity index (χ1n) is 4.17. The Morgan fingerprint density at radius 3 is 2.40 bits per heavy atom. The van der Waals surface area contributed by atoms with Crippen LogP contribution in [0, 0.1) is 10.1 Å². The molecule has 1 rings (SSSR count). The quantitative estimate of drug-likeness (QED) is 0.457. The summed E-state index contributed by atoms with van der Waals surface area (Å²) in [5.74, 6) is 0. The zero-order valence-electron chi connectivity index (χ0n) is 8.28. The van der Waals surface area contributed by atoms with Gasteiger partial charge >= 0.3 is 0 Å². The van der Waals surface area contributed by atoms with E-state index in [-0.39, 0.29) is 0 Å². The van der Waals surface area contributed by atoms with Crippen molar-refractivity contribution in [1.29, 1.82) is 0 Å². The molecule has 0 atom stereocenters. The minimum absolute atomic E-state index is 0.492. The molecule has 0 heterocycles. The van der Waals surface area contributed by atoms with Gasteiger partial charge in [-0.1, -0.05) is 7.92 Å². The number of benzene rings is 1. The van der Waals surface area contributed by atoms with E-state index in [1.54, 1.807) is 0 Å². The van der Waals surface area contributed by atoms with Crippen LogP contribution in [-0.2, 0) is 0 Å². The number of alkyl halides is 2. The summed E-state index contributed by atoms with van der Waals surface area (Å²) < 4.78 is 25.1. The third-order valence-electron chi connectivity index (χ3n) is 1.96. The monoisotopic (exact) mass is 233 g/mol. The molecule has 6 heteroatoms. The molecule has 0 N–H and O–H groups in total. The van der Waals surface area contributed by atoms with Crippen molar-refractivity contribution in [2.24, 2.45) is 0 Å². The molecule has 0 spiro atoms. The Morgan fingerprint density at radius 2 is 2.00 bits per heavy atom. The van der Waals surface area contributed by atoms with Gasteiger partial charge in [0.25, 0.3) is 12.1 Å². The Labute approximate surface area is 87.0 Å². The molecule has 0 amide bonds. The molecule has 15 heavy (non-hydrogen) atoms. The predicted octanol–water partition coefficient (Wildman–Crippen LogP) is 2.90. The van der Waals surface area contributed by atoms with Crippen LogP contribution in [0.4, 0.5) is 14.5 Å². The molecule has 1 aromatic rings. The molecule has 1 aromatic carbocycles. The maximum Gasteiger partial charge on any atom is 0.278 e. The first-order chi connectivity index (χ1) is 6.93. The largest absolute Gasteiger partial charge is 0.278 e. The maximum atomic E-state index is 12.5. The van der Waals surface area contributed by atoms with Gasteiger partial charge in [-0.05, 0) is 30.8 Å². The molecule has 0 saturated carbocycles. The molecular formula is C9H10F2NO2P. The van der Waals surface area contributed by atoms with E-state index in [2.05, 4.69) is 0 Å².